The van der Waals surface area contributed by atoms with E-state index in [2.05, 4.69) is 0 Å². The third kappa shape index (κ3) is 1.34. The first kappa shape index (κ1) is 6.39. The molecule has 0 saturated heterocycles. The van der Waals surface area contributed by atoms with E-state index in [1.54, 1.807) is 0 Å². The first-order valence-electron chi connectivity index (χ1n) is 2.57. The van der Waals surface area contributed by atoms with Gasteiger partial charge in [0.25, 0.3) is 0 Å². The Morgan fingerprint density at radius 1 is 1.11 bits per heavy atom. The number of allylic oxidation sites excluding steroid dienone is 4. The maximum Gasteiger partial charge on any atom is 0.138 e. The van der Waals surface area contributed by atoms with Crippen LogP contribution in [0.25, 0.3) is 0 Å². The lowest BCUT2D eigenvalue weighted by Crippen LogP contribution is -1.88. The van der Waals surface area contributed by atoms with Crippen LogP contribution in [0.15, 0.2) is 23.6 Å². The van der Waals surface area contributed by atoms with Crippen molar-refractivity contribution in [1.82, 2.24) is 0 Å². The van der Waals surface area contributed by atoms with Crippen molar-refractivity contribution in [2.24, 2.45) is 0 Å². The van der Waals surface area contributed by atoms with Gasteiger partial charge in [-0.1, -0.05) is 0 Å². The van der Waals surface area contributed by atoms with E-state index in [0.29, 0.717) is 0 Å². The van der Waals surface area contributed by atoms with Crippen LogP contribution < -0.4 is 0 Å². The van der Waals surface area contributed by atoms with Crippen molar-refractivity contribution in [3.05, 3.63) is 23.6 Å². The summed E-state index contributed by atoms with van der Waals surface area (Å²) < 4.78 is 36.1. The quantitative estimate of drug-likeness (QED) is 0.477. The Hall–Kier alpha value is -0.730. The van der Waals surface area contributed by atoms with E-state index in [-0.39, 0.29) is 6.42 Å². The van der Waals surface area contributed by atoms with Crippen molar-refractivity contribution < 1.29 is 13.2 Å². The molecule has 9 heavy (non-hydrogen) atoms. The molecule has 0 N–H and O–H groups in total. The summed E-state index contributed by atoms with van der Waals surface area (Å²) in [6.07, 6.45) is 0.294. The van der Waals surface area contributed by atoms with Gasteiger partial charge in [0.15, 0.2) is 0 Å². The molecule has 1 rings (SSSR count). The molecule has 1 aliphatic rings. The van der Waals surface area contributed by atoms with Crippen molar-refractivity contribution in [2.45, 2.75) is 12.8 Å². The molecule has 0 saturated carbocycles. The molecule has 50 valence electrons. The number of hydrogen-bond donors (Lipinski definition) is 0. The minimum absolute atomic E-state index is 0.238. The molecular formula is C6H5F3. The third-order valence-corrected chi connectivity index (χ3v) is 1.12. The van der Waals surface area contributed by atoms with E-state index in [4.69, 9.17) is 0 Å². The molecule has 1 aliphatic carbocycles. The molecule has 0 fully saturated rings. The molecule has 0 nitrogen and oxygen atoms in total. The highest BCUT2D eigenvalue weighted by molar-refractivity contribution is 5.17. The summed E-state index contributed by atoms with van der Waals surface area (Å²) in [4.78, 5) is 0. The summed E-state index contributed by atoms with van der Waals surface area (Å²) in [7, 11) is 0. The van der Waals surface area contributed by atoms with Crippen molar-refractivity contribution in [3.8, 4) is 0 Å². The molecule has 0 heterocycles. The fourth-order valence-corrected chi connectivity index (χ4v) is 0.627. The molecule has 0 amide bonds. The normalized spacial score (nSPS) is 20.1. The van der Waals surface area contributed by atoms with Crippen LogP contribution in [-0.2, 0) is 0 Å². The zero-order valence-corrected chi connectivity index (χ0v) is 4.63. The first-order chi connectivity index (χ1) is 4.20. The topological polar surface area (TPSA) is 0 Å². The van der Waals surface area contributed by atoms with E-state index in [1.807, 2.05) is 0 Å². The van der Waals surface area contributed by atoms with Gasteiger partial charge in [0, 0.05) is 6.42 Å². The van der Waals surface area contributed by atoms with Gasteiger partial charge in [-0.2, -0.15) is 0 Å². The Bertz CT molecular complexity index is 179. The molecule has 0 aromatic carbocycles. The second-order valence-corrected chi connectivity index (χ2v) is 1.84. The van der Waals surface area contributed by atoms with Crippen LogP contribution in [0.1, 0.15) is 12.8 Å². The molecule has 0 spiro atoms. The summed E-state index contributed by atoms with van der Waals surface area (Å²) in [5.74, 6) is -2.42. The van der Waals surface area contributed by atoms with E-state index in [1.165, 1.54) is 0 Å². The minimum Gasteiger partial charge on any atom is -0.212 e. The van der Waals surface area contributed by atoms with E-state index < -0.39 is 23.9 Å². The van der Waals surface area contributed by atoms with Gasteiger partial charge in [0.05, 0.1) is 6.42 Å². The highest BCUT2D eigenvalue weighted by atomic mass is 19.2. The summed E-state index contributed by atoms with van der Waals surface area (Å²) in [6, 6.07) is 0. The lowest BCUT2D eigenvalue weighted by molar-refractivity contribution is 0.466. The van der Waals surface area contributed by atoms with Crippen molar-refractivity contribution in [3.63, 3.8) is 0 Å². The monoisotopic (exact) mass is 134 g/mol. The molecule has 0 bridgehead atoms. The van der Waals surface area contributed by atoms with Crippen LogP contribution in [0.4, 0.5) is 13.2 Å². The summed E-state index contributed by atoms with van der Waals surface area (Å²) in [5.41, 5.74) is 0. The average molecular weight is 134 g/mol. The van der Waals surface area contributed by atoms with E-state index in [0.717, 1.165) is 6.08 Å². The van der Waals surface area contributed by atoms with Crippen molar-refractivity contribution in [2.75, 3.05) is 0 Å². The maximum absolute atomic E-state index is 12.1. The fourth-order valence-electron chi connectivity index (χ4n) is 0.627. The predicted molar refractivity (Wildman–Crippen MR) is 27.7 cm³/mol. The standard InChI is InChI=1S/C6H5F3/c7-4-1-2-5(8)6(9)3-4/h1H,2-3H2. The summed E-state index contributed by atoms with van der Waals surface area (Å²) in [6.45, 7) is 0. The zero-order valence-electron chi connectivity index (χ0n) is 4.63. The van der Waals surface area contributed by atoms with Crippen molar-refractivity contribution >= 4 is 0 Å². The van der Waals surface area contributed by atoms with Gasteiger partial charge >= 0.3 is 0 Å². The van der Waals surface area contributed by atoms with Crippen LogP contribution in [0.2, 0.25) is 0 Å². The second kappa shape index (κ2) is 2.25. The maximum atomic E-state index is 12.1. The molecule has 0 unspecified atom stereocenters. The third-order valence-electron chi connectivity index (χ3n) is 1.12. The van der Waals surface area contributed by atoms with Crippen LogP contribution in [0.3, 0.4) is 0 Å². The molecule has 0 atom stereocenters. The Morgan fingerprint density at radius 2 is 1.78 bits per heavy atom. The van der Waals surface area contributed by atoms with Gasteiger partial charge in [-0.3, -0.25) is 0 Å². The van der Waals surface area contributed by atoms with Gasteiger partial charge in [-0.25, -0.2) is 13.2 Å². The van der Waals surface area contributed by atoms with Crippen LogP contribution in [-0.4, -0.2) is 0 Å². The molecule has 0 aliphatic heterocycles. The van der Waals surface area contributed by atoms with Gasteiger partial charge in [-0.15, -0.1) is 0 Å². The summed E-state index contributed by atoms with van der Waals surface area (Å²) in [5, 5.41) is 0. The fraction of sp³-hybridized carbons (Fsp3) is 0.333. The van der Waals surface area contributed by atoms with E-state index >= 15 is 0 Å². The summed E-state index contributed by atoms with van der Waals surface area (Å²) >= 11 is 0. The van der Waals surface area contributed by atoms with Crippen molar-refractivity contribution in [1.29, 1.82) is 0 Å². The van der Waals surface area contributed by atoms with E-state index in [9.17, 15) is 13.2 Å². The lowest BCUT2D eigenvalue weighted by Gasteiger charge is -2.02. The van der Waals surface area contributed by atoms with Gasteiger partial charge in [-0.05, 0) is 6.08 Å². The Morgan fingerprint density at radius 3 is 2.22 bits per heavy atom. The average Bonchev–Trinajstić information content (AvgIpc) is 1.80. The largest absolute Gasteiger partial charge is 0.212 e. The zero-order chi connectivity index (χ0) is 6.85. The Labute approximate surface area is 50.7 Å². The van der Waals surface area contributed by atoms with Crippen LogP contribution in [0, 0.1) is 0 Å². The second-order valence-electron chi connectivity index (χ2n) is 1.84. The van der Waals surface area contributed by atoms with Gasteiger partial charge in [0.1, 0.15) is 17.5 Å². The minimum atomic E-state index is -0.977. The Kier molecular flexibility index (Phi) is 1.60. The highest BCUT2D eigenvalue weighted by Gasteiger charge is 2.12. The number of rotatable bonds is 0. The predicted octanol–water partition coefficient (Wildman–Crippen LogP) is 2.78. The smallest absolute Gasteiger partial charge is 0.138 e. The first-order valence-corrected chi connectivity index (χ1v) is 2.57. The number of halogens is 3. The van der Waals surface area contributed by atoms with Gasteiger partial charge < -0.3 is 0 Å². The Balaban J connectivity index is 2.70. The lowest BCUT2D eigenvalue weighted by atomic mass is 10.1. The van der Waals surface area contributed by atoms with Crippen LogP contribution in [0.5, 0.6) is 0 Å². The molecule has 3 heteroatoms. The number of hydrogen-bond acceptors (Lipinski definition) is 0. The highest BCUT2D eigenvalue weighted by Crippen LogP contribution is 2.26. The molecule has 0 aromatic rings. The van der Waals surface area contributed by atoms with Crippen LogP contribution >= 0.6 is 0 Å². The molecule has 0 radical (unpaired) electrons. The molecule has 0 aromatic heterocycles. The SMILES string of the molecule is FC1=CCC(F)=C(F)C1. The molecular weight excluding hydrogens is 129 g/mol. The van der Waals surface area contributed by atoms with Gasteiger partial charge in [0.2, 0.25) is 0 Å².